The van der Waals surface area contributed by atoms with Gasteiger partial charge in [-0.15, -0.1) is 0 Å². The van der Waals surface area contributed by atoms with Gasteiger partial charge in [0.1, 0.15) is 12.1 Å². The van der Waals surface area contributed by atoms with Crippen LogP contribution in [0, 0.1) is 0 Å². The SMILES string of the molecule is CCCCC(C)(C)NC(=O)Nc1nc(OC)c2ccc3ncnc4ccc1c2c43. The van der Waals surface area contributed by atoms with Crippen molar-refractivity contribution in [2.24, 2.45) is 0 Å². The molecule has 4 aromatic rings. The number of benzene rings is 2. The van der Waals surface area contributed by atoms with Gasteiger partial charge in [-0.05, 0) is 44.5 Å². The summed E-state index contributed by atoms with van der Waals surface area (Å²) in [6.07, 6.45) is 4.60. The summed E-state index contributed by atoms with van der Waals surface area (Å²) in [7, 11) is 1.58. The van der Waals surface area contributed by atoms with Crippen LogP contribution in [0.25, 0.3) is 32.6 Å². The van der Waals surface area contributed by atoms with Gasteiger partial charge in [-0.1, -0.05) is 19.8 Å². The first-order valence-electron chi connectivity index (χ1n) is 9.86. The minimum Gasteiger partial charge on any atom is -0.480 e. The van der Waals surface area contributed by atoms with Crippen LogP contribution in [-0.4, -0.2) is 33.6 Å². The van der Waals surface area contributed by atoms with Crippen LogP contribution in [0.15, 0.2) is 30.6 Å². The van der Waals surface area contributed by atoms with Gasteiger partial charge in [0.15, 0.2) is 0 Å². The summed E-state index contributed by atoms with van der Waals surface area (Å²) in [5.41, 5.74) is 1.39. The van der Waals surface area contributed by atoms with E-state index in [1.165, 1.54) is 0 Å². The molecule has 0 atom stereocenters. The monoisotopic (exact) mass is 391 g/mol. The fourth-order valence-corrected chi connectivity index (χ4v) is 3.80. The van der Waals surface area contributed by atoms with Crippen molar-refractivity contribution < 1.29 is 9.53 Å². The maximum absolute atomic E-state index is 12.7. The van der Waals surface area contributed by atoms with Crippen molar-refractivity contribution in [1.82, 2.24) is 20.3 Å². The lowest BCUT2D eigenvalue weighted by Gasteiger charge is -2.26. The molecule has 0 fully saturated rings. The molecule has 0 aliphatic heterocycles. The van der Waals surface area contributed by atoms with Gasteiger partial charge in [0.25, 0.3) is 0 Å². The Labute approximate surface area is 169 Å². The van der Waals surface area contributed by atoms with E-state index < -0.39 is 0 Å². The van der Waals surface area contributed by atoms with Gasteiger partial charge in [0.05, 0.1) is 18.1 Å². The summed E-state index contributed by atoms with van der Waals surface area (Å²) >= 11 is 0. The molecular formula is C22H25N5O2. The van der Waals surface area contributed by atoms with Gasteiger partial charge >= 0.3 is 6.03 Å². The number of amides is 2. The predicted octanol–water partition coefficient (Wildman–Crippen LogP) is 4.87. The van der Waals surface area contributed by atoms with Gasteiger partial charge in [-0.25, -0.2) is 14.8 Å². The Kier molecular flexibility index (Phi) is 4.82. The maximum atomic E-state index is 12.7. The van der Waals surface area contributed by atoms with Crippen LogP contribution < -0.4 is 15.4 Å². The number of anilines is 1. The summed E-state index contributed by atoms with van der Waals surface area (Å²) in [6.45, 7) is 6.19. The highest BCUT2D eigenvalue weighted by atomic mass is 16.5. The number of nitrogens with one attached hydrogen (secondary N) is 2. The van der Waals surface area contributed by atoms with Crippen LogP contribution in [0.2, 0.25) is 0 Å². The van der Waals surface area contributed by atoms with Gasteiger partial charge in [-0.3, -0.25) is 5.32 Å². The Hall–Kier alpha value is -3.22. The standard InChI is InChI=1S/C22H25N5O2/c1-5-6-11-22(2,3)27-21(28)26-19-13-7-9-15-18-16(24-12-23-15)10-8-14(17(13)18)20(25-19)29-4/h7-10,12H,5-6,11H2,1-4H3,(H2,25,26,27,28). The van der Waals surface area contributed by atoms with E-state index in [1.54, 1.807) is 13.4 Å². The van der Waals surface area contributed by atoms with Crippen molar-refractivity contribution >= 4 is 44.4 Å². The van der Waals surface area contributed by atoms with Crippen LogP contribution >= 0.6 is 0 Å². The molecule has 2 amide bonds. The van der Waals surface area contributed by atoms with Crippen molar-refractivity contribution in [3.8, 4) is 5.88 Å². The lowest BCUT2D eigenvalue weighted by atomic mass is 9.98. The van der Waals surface area contributed by atoms with E-state index >= 15 is 0 Å². The number of carbonyl (C=O) groups is 1. The number of hydrogen-bond acceptors (Lipinski definition) is 5. The van der Waals surface area contributed by atoms with E-state index in [0.29, 0.717) is 11.7 Å². The minimum atomic E-state index is -0.304. The molecule has 0 spiro atoms. The summed E-state index contributed by atoms with van der Waals surface area (Å²) in [5.74, 6) is 0.910. The second kappa shape index (κ2) is 7.31. The van der Waals surface area contributed by atoms with Crippen molar-refractivity contribution in [2.75, 3.05) is 12.4 Å². The second-order valence-electron chi connectivity index (χ2n) is 7.92. The van der Waals surface area contributed by atoms with E-state index in [9.17, 15) is 4.79 Å². The number of pyridine rings is 1. The molecule has 2 aromatic heterocycles. The van der Waals surface area contributed by atoms with E-state index in [0.717, 1.165) is 51.8 Å². The molecule has 0 saturated heterocycles. The Balaban J connectivity index is 1.79. The number of rotatable bonds is 6. The van der Waals surface area contributed by atoms with E-state index in [1.807, 2.05) is 38.1 Å². The number of unbranched alkanes of at least 4 members (excludes halogenated alkanes) is 1. The Morgan fingerprint density at radius 3 is 2.41 bits per heavy atom. The molecule has 0 aliphatic carbocycles. The first-order valence-corrected chi connectivity index (χ1v) is 9.86. The summed E-state index contributed by atoms with van der Waals surface area (Å²) in [6, 6.07) is 7.45. The number of nitrogens with zero attached hydrogens (tertiary/aromatic N) is 3. The molecule has 2 N–H and O–H groups in total. The Morgan fingerprint density at radius 1 is 1.07 bits per heavy atom. The zero-order valence-electron chi connectivity index (χ0n) is 17.2. The number of urea groups is 1. The van der Waals surface area contributed by atoms with E-state index in [2.05, 4.69) is 32.5 Å². The molecule has 0 radical (unpaired) electrons. The average molecular weight is 391 g/mol. The zero-order chi connectivity index (χ0) is 20.6. The molecule has 0 aliphatic rings. The highest BCUT2D eigenvalue weighted by Gasteiger charge is 2.22. The molecule has 2 aromatic carbocycles. The van der Waals surface area contributed by atoms with Crippen molar-refractivity contribution in [2.45, 2.75) is 45.6 Å². The number of carbonyl (C=O) groups excluding carboxylic acids is 1. The fourth-order valence-electron chi connectivity index (χ4n) is 3.80. The van der Waals surface area contributed by atoms with Crippen LogP contribution in [0.1, 0.15) is 40.0 Å². The molecule has 2 heterocycles. The van der Waals surface area contributed by atoms with E-state index in [4.69, 9.17) is 4.74 Å². The lowest BCUT2D eigenvalue weighted by molar-refractivity contribution is 0.239. The van der Waals surface area contributed by atoms with Gasteiger partial charge in [-0.2, -0.15) is 4.98 Å². The third-order valence-corrected chi connectivity index (χ3v) is 5.24. The van der Waals surface area contributed by atoms with Gasteiger partial charge < -0.3 is 10.1 Å². The largest absolute Gasteiger partial charge is 0.480 e. The van der Waals surface area contributed by atoms with Crippen molar-refractivity contribution in [3.63, 3.8) is 0 Å². The molecule has 0 saturated carbocycles. The molecular weight excluding hydrogens is 366 g/mol. The van der Waals surface area contributed by atoms with Crippen molar-refractivity contribution in [3.05, 3.63) is 30.6 Å². The first-order chi connectivity index (χ1) is 13.9. The summed E-state index contributed by atoms with van der Waals surface area (Å²) in [4.78, 5) is 26.1. The maximum Gasteiger partial charge on any atom is 0.320 e. The fraction of sp³-hybridized carbons (Fsp3) is 0.364. The smallest absolute Gasteiger partial charge is 0.320 e. The van der Waals surface area contributed by atoms with Crippen LogP contribution in [0.4, 0.5) is 10.6 Å². The molecule has 4 rings (SSSR count). The number of hydrogen-bond donors (Lipinski definition) is 2. The van der Waals surface area contributed by atoms with Gasteiger partial charge in [0, 0.05) is 27.1 Å². The molecule has 7 heteroatoms. The number of ether oxygens (including phenoxy) is 1. The van der Waals surface area contributed by atoms with Gasteiger partial charge in [0.2, 0.25) is 5.88 Å². The highest BCUT2D eigenvalue weighted by Crippen LogP contribution is 2.39. The Morgan fingerprint density at radius 2 is 1.76 bits per heavy atom. The zero-order valence-corrected chi connectivity index (χ0v) is 17.2. The number of aromatic nitrogens is 3. The third-order valence-electron chi connectivity index (χ3n) is 5.24. The highest BCUT2D eigenvalue weighted by molar-refractivity contribution is 6.24. The predicted molar refractivity (Wildman–Crippen MR) is 116 cm³/mol. The molecule has 0 bridgehead atoms. The number of methoxy groups -OCH3 is 1. The normalized spacial score (nSPS) is 12.0. The molecule has 29 heavy (non-hydrogen) atoms. The van der Waals surface area contributed by atoms with Crippen LogP contribution in [0.3, 0.4) is 0 Å². The average Bonchev–Trinajstić information content (AvgIpc) is 2.70. The lowest BCUT2D eigenvalue weighted by Crippen LogP contribution is -2.45. The molecule has 7 nitrogen and oxygen atoms in total. The minimum absolute atomic E-state index is 0.285. The quantitative estimate of drug-likeness (QED) is 0.458. The second-order valence-corrected chi connectivity index (χ2v) is 7.92. The third kappa shape index (κ3) is 3.48. The topological polar surface area (TPSA) is 89.0 Å². The Bertz CT molecular complexity index is 1170. The molecule has 150 valence electrons. The van der Waals surface area contributed by atoms with E-state index in [-0.39, 0.29) is 11.6 Å². The molecule has 0 unspecified atom stereocenters. The first kappa shape index (κ1) is 19.1. The summed E-state index contributed by atoms with van der Waals surface area (Å²) in [5, 5.41) is 9.54. The van der Waals surface area contributed by atoms with Crippen LogP contribution in [-0.2, 0) is 0 Å². The van der Waals surface area contributed by atoms with Crippen molar-refractivity contribution in [1.29, 1.82) is 0 Å². The summed E-state index contributed by atoms with van der Waals surface area (Å²) < 4.78 is 5.52. The van der Waals surface area contributed by atoms with Crippen LogP contribution in [0.5, 0.6) is 5.88 Å².